The molecule has 2 fully saturated rings. The van der Waals surface area contributed by atoms with Crippen molar-refractivity contribution in [3.05, 3.63) is 51.9 Å². The van der Waals surface area contributed by atoms with E-state index in [0.29, 0.717) is 30.4 Å². The molecular weight excluding hydrogens is 507 g/mol. The molecule has 184 valence electrons. The number of anilines is 1. The van der Waals surface area contributed by atoms with Gasteiger partial charge in [0, 0.05) is 70.4 Å². The Morgan fingerprint density at radius 1 is 1.11 bits per heavy atom. The molecule has 35 heavy (non-hydrogen) atoms. The number of piperazine rings is 1. The summed E-state index contributed by atoms with van der Waals surface area (Å²) < 4.78 is 73.2. The molecule has 3 aliphatic heterocycles. The predicted octanol–water partition coefficient (Wildman–Crippen LogP) is 4.36. The predicted molar refractivity (Wildman–Crippen MR) is 127 cm³/mol. The van der Waals surface area contributed by atoms with Crippen LogP contribution in [0.5, 0.6) is 0 Å². The number of alkyl halides is 3. The van der Waals surface area contributed by atoms with E-state index in [9.17, 15) is 26.7 Å². The van der Waals surface area contributed by atoms with Crippen molar-refractivity contribution in [2.75, 3.05) is 35.2 Å². The van der Waals surface area contributed by atoms with Crippen LogP contribution >= 0.6 is 23.5 Å². The maximum Gasteiger partial charge on any atom is 0.417 e. The number of benzene rings is 2. The second-order valence-electron chi connectivity index (χ2n) is 8.72. The number of thioether (sulfide) groups is 2. The van der Waals surface area contributed by atoms with Gasteiger partial charge in [0.25, 0.3) is 0 Å². The van der Waals surface area contributed by atoms with Crippen LogP contribution in [-0.4, -0.2) is 52.0 Å². The molecule has 0 bridgehead atoms. The van der Waals surface area contributed by atoms with Gasteiger partial charge in [0.05, 0.1) is 17.1 Å². The smallest absolute Gasteiger partial charge is 0.349 e. The van der Waals surface area contributed by atoms with E-state index >= 15 is 0 Å². The minimum atomic E-state index is -4.81. The molecule has 5 nitrogen and oxygen atoms in total. The van der Waals surface area contributed by atoms with Crippen LogP contribution in [0.1, 0.15) is 5.56 Å². The zero-order valence-corrected chi connectivity index (χ0v) is 19.8. The Balaban J connectivity index is 1.70. The largest absolute Gasteiger partial charge is 0.417 e. The van der Waals surface area contributed by atoms with E-state index in [0.717, 1.165) is 41.5 Å². The number of aromatic nitrogens is 2. The molecule has 2 saturated heterocycles. The lowest BCUT2D eigenvalue weighted by atomic mass is 9.95. The first kappa shape index (κ1) is 23.1. The van der Waals surface area contributed by atoms with Crippen LogP contribution in [0.2, 0.25) is 0 Å². The monoisotopic (exact) mass is 526 g/mol. The van der Waals surface area contributed by atoms with Gasteiger partial charge < -0.3 is 10.2 Å². The maximum absolute atomic E-state index is 14.8. The van der Waals surface area contributed by atoms with E-state index < -0.39 is 29.1 Å². The highest BCUT2D eigenvalue weighted by Gasteiger charge is 2.41. The highest BCUT2D eigenvalue weighted by atomic mass is 32.2. The Morgan fingerprint density at radius 3 is 2.71 bits per heavy atom. The average Bonchev–Trinajstić information content (AvgIpc) is 3.30. The third kappa shape index (κ3) is 3.72. The average molecular weight is 527 g/mol. The van der Waals surface area contributed by atoms with Gasteiger partial charge in [-0.1, -0.05) is 0 Å². The summed E-state index contributed by atoms with van der Waals surface area (Å²) >= 11 is 2.89. The van der Waals surface area contributed by atoms with Crippen molar-refractivity contribution in [2.45, 2.75) is 29.7 Å². The second-order valence-corrected chi connectivity index (χ2v) is 10.9. The highest BCUT2D eigenvalue weighted by molar-refractivity contribution is 7.99. The van der Waals surface area contributed by atoms with Crippen molar-refractivity contribution in [1.29, 1.82) is 0 Å². The number of nitrogens with zero attached hydrogens (tertiary/aromatic N) is 3. The zero-order valence-electron chi connectivity index (χ0n) is 18.2. The van der Waals surface area contributed by atoms with Gasteiger partial charge in [0.15, 0.2) is 0 Å². The van der Waals surface area contributed by atoms with Gasteiger partial charge in [-0.3, -0.25) is 4.57 Å². The van der Waals surface area contributed by atoms with E-state index in [1.165, 1.54) is 4.57 Å². The molecule has 12 heteroatoms. The van der Waals surface area contributed by atoms with Crippen LogP contribution < -0.4 is 15.9 Å². The van der Waals surface area contributed by atoms with Gasteiger partial charge in [-0.25, -0.2) is 13.6 Å². The molecule has 0 radical (unpaired) electrons. The molecule has 0 aliphatic carbocycles. The number of hydrogen-bond acceptors (Lipinski definition) is 6. The summed E-state index contributed by atoms with van der Waals surface area (Å²) in [6.45, 7) is 1.41. The van der Waals surface area contributed by atoms with Gasteiger partial charge in [-0.2, -0.15) is 29.9 Å². The normalized spacial score (nSPS) is 22.0. The fraction of sp³-hybridized carbons (Fsp3) is 0.391. The molecule has 6 rings (SSSR count). The summed E-state index contributed by atoms with van der Waals surface area (Å²) in [4.78, 5) is 19.5. The fourth-order valence-electron chi connectivity index (χ4n) is 5.23. The molecule has 4 heterocycles. The minimum absolute atomic E-state index is 0.00213. The number of hydrogen-bond donors (Lipinski definition) is 1. The molecule has 2 atom stereocenters. The molecule has 0 saturated carbocycles. The summed E-state index contributed by atoms with van der Waals surface area (Å²) in [5.41, 5.74) is -1.96. The third-order valence-electron chi connectivity index (χ3n) is 6.75. The van der Waals surface area contributed by atoms with Crippen molar-refractivity contribution in [3.63, 3.8) is 0 Å². The standard InChI is InChI=1S/C23H19F5N4OS2/c24-11-1-2-12(15(25)7-11)18-14(23(26,27)28)8-13-19-20(18)35-6-5-32(19)22(33)30-21(13)31-4-3-29-16-9-34-10-17(16)31/h1-2,7-8,16-17,29H,3-6,9-10H2/t16-,17+/m0/s1. The molecule has 3 aliphatic rings. The van der Waals surface area contributed by atoms with Gasteiger partial charge >= 0.3 is 11.9 Å². The molecule has 3 aromatic rings. The first-order valence-corrected chi connectivity index (χ1v) is 13.2. The van der Waals surface area contributed by atoms with E-state index in [1.807, 2.05) is 4.90 Å². The van der Waals surface area contributed by atoms with Crippen LogP contribution in [0.3, 0.4) is 0 Å². The number of halogens is 5. The van der Waals surface area contributed by atoms with Crippen LogP contribution in [-0.2, 0) is 12.7 Å². The van der Waals surface area contributed by atoms with Crippen molar-refractivity contribution < 1.29 is 22.0 Å². The Kier molecular flexibility index (Phi) is 5.53. The quantitative estimate of drug-likeness (QED) is 0.501. The SMILES string of the molecule is O=c1nc(N2CCN[C@H]3CSC[C@H]32)c2cc(C(F)(F)F)c(-c3ccc(F)cc3F)c3c2n1CCS3. The van der Waals surface area contributed by atoms with Crippen molar-refractivity contribution in [2.24, 2.45) is 0 Å². The Labute approximate surface area is 205 Å². The van der Waals surface area contributed by atoms with Crippen molar-refractivity contribution in [1.82, 2.24) is 14.9 Å². The van der Waals surface area contributed by atoms with Crippen LogP contribution in [0, 0.1) is 11.6 Å². The topological polar surface area (TPSA) is 50.2 Å². The summed E-state index contributed by atoms with van der Waals surface area (Å²) in [5.74, 6) is 0.243. The Hall–Kier alpha value is -2.31. The van der Waals surface area contributed by atoms with Crippen LogP contribution in [0.15, 0.2) is 34.0 Å². The van der Waals surface area contributed by atoms with Gasteiger partial charge in [0.2, 0.25) is 0 Å². The minimum Gasteiger partial charge on any atom is -0.349 e. The molecule has 1 N–H and O–H groups in total. The molecule has 2 aromatic carbocycles. The lowest BCUT2D eigenvalue weighted by Gasteiger charge is -2.39. The summed E-state index contributed by atoms with van der Waals surface area (Å²) in [6, 6.07) is 3.68. The second kappa shape index (κ2) is 8.38. The number of fused-ring (bicyclic) bond motifs is 1. The number of rotatable bonds is 2. The van der Waals surface area contributed by atoms with Gasteiger partial charge in [0.1, 0.15) is 17.5 Å². The zero-order chi connectivity index (χ0) is 24.5. The molecule has 0 amide bonds. The molecule has 1 aromatic heterocycles. The Morgan fingerprint density at radius 2 is 1.94 bits per heavy atom. The summed E-state index contributed by atoms with van der Waals surface area (Å²) in [5, 5.41) is 3.66. The third-order valence-corrected chi connectivity index (χ3v) is 8.99. The van der Waals surface area contributed by atoms with E-state index in [4.69, 9.17) is 0 Å². The fourth-order valence-corrected chi connectivity index (χ4v) is 7.81. The van der Waals surface area contributed by atoms with E-state index in [1.54, 1.807) is 11.8 Å². The van der Waals surface area contributed by atoms with Crippen molar-refractivity contribution in [3.8, 4) is 11.1 Å². The number of nitrogens with one attached hydrogen (secondary N) is 1. The van der Waals surface area contributed by atoms with Crippen LogP contribution in [0.4, 0.5) is 27.8 Å². The molecule has 0 spiro atoms. The molecular formula is C23H19F5N4OS2. The van der Waals surface area contributed by atoms with E-state index in [-0.39, 0.29) is 45.9 Å². The summed E-state index contributed by atoms with van der Waals surface area (Å²) in [7, 11) is 0. The van der Waals surface area contributed by atoms with Crippen LogP contribution in [0.25, 0.3) is 22.0 Å². The lowest BCUT2D eigenvalue weighted by Crippen LogP contribution is -2.58. The Bertz CT molecular complexity index is 1410. The van der Waals surface area contributed by atoms with Gasteiger partial charge in [-0.15, -0.1) is 11.8 Å². The summed E-state index contributed by atoms with van der Waals surface area (Å²) in [6.07, 6.45) is -4.81. The highest BCUT2D eigenvalue weighted by Crippen LogP contribution is 2.49. The first-order valence-electron chi connectivity index (χ1n) is 11.1. The molecule has 0 unspecified atom stereocenters. The lowest BCUT2D eigenvalue weighted by molar-refractivity contribution is -0.137. The number of aryl methyl sites for hydroxylation is 1. The first-order chi connectivity index (χ1) is 16.7. The van der Waals surface area contributed by atoms with Gasteiger partial charge in [-0.05, 0) is 18.2 Å². The van der Waals surface area contributed by atoms with E-state index in [2.05, 4.69) is 10.3 Å². The maximum atomic E-state index is 14.8. The van der Waals surface area contributed by atoms with Crippen molar-refractivity contribution >= 4 is 40.2 Å².